The number of carbonyl (C=O) groups is 1. The maximum absolute atomic E-state index is 12.4. The number of aromatic nitrogens is 1. The van der Waals surface area contributed by atoms with Crippen LogP contribution >= 0.6 is 11.3 Å². The van der Waals surface area contributed by atoms with Crippen molar-refractivity contribution in [3.63, 3.8) is 0 Å². The van der Waals surface area contributed by atoms with E-state index in [1.807, 2.05) is 66.7 Å². The van der Waals surface area contributed by atoms with Crippen LogP contribution in [0.5, 0.6) is 0 Å². The van der Waals surface area contributed by atoms with E-state index in [4.69, 9.17) is 0 Å². The number of nitrogens with one attached hydrogen (secondary N) is 1. The van der Waals surface area contributed by atoms with Gasteiger partial charge in [0.15, 0.2) is 0 Å². The lowest BCUT2D eigenvalue weighted by Gasteiger charge is -2.09. The Morgan fingerprint density at radius 3 is 2.64 bits per heavy atom. The maximum atomic E-state index is 12.4. The highest BCUT2D eigenvalue weighted by Crippen LogP contribution is 2.23. The molecule has 4 aromatic rings. The van der Waals surface area contributed by atoms with E-state index in [0.29, 0.717) is 6.54 Å². The number of hydrogen-bond acceptors (Lipinski definition) is 3. The minimum absolute atomic E-state index is 0.0286. The molecule has 4 nitrogen and oxygen atoms in total. The Morgan fingerprint density at radius 2 is 1.72 bits per heavy atom. The first-order valence-electron chi connectivity index (χ1n) is 8.08. The largest absolute Gasteiger partial charge is 0.325 e. The van der Waals surface area contributed by atoms with Crippen molar-refractivity contribution in [1.82, 2.24) is 4.57 Å². The summed E-state index contributed by atoms with van der Waals surface area (Å²) in [5, 5.41) is 5.06. The number of aryl methyl sites for hydroxylation is 1. The smallest absolute Gasteiger partial charge is 0.308 e. The number of carbonyl (C=O) groups excluding carboxylic acids is 1. The summed E-state index contributed by atoms with van der Waals surface area (Å²) >= 11 is 1.21. The monoisotopic (exact) mass is 348 g/mol. The number of hydrogen-bond donors (Lipinski definition) is 1. The van der Waals surface area contributed by atoms with Crippen molar-refractivity contribution < 1.29 is 4.79 Å². The third kappa shape index (κ3) is 3.06. The van der Waals surface area contributed by atoms with Crippen molar-refractivity contribution >= 4 is 43.9 Å². The lowest BCUT2D eigenvalue weighted by molar-refractivity contribution is -0.116. The molecule has 0 saturated heterocycles. The predicted molar refractivity (Wildman–Crippen MR) is 103 cm³/mol. The Balaban J connectivity index is 1.52. The van der Waals surface area contributed by atoms with Crippen molar-refractivity contribution in [2.24, 2.45) is 0 Å². The van der Waals surface area contributed by atoms with Gasteiger partial charge in [-0.15, -0.1) is 0 Å². The molecule has 1 N–H and O–H groups in total. The molecule has 0 unspecified atom stereocenters. The number of anilines is 1. The number of rotatable bonds is 4. The van der Waals surface area contributed by atoms with Gasteiger partial charge in [0, 0.05) is 24.0 Å². The molecule has 1 amide bonds. The molecule has 0 bridgehead atoms. The average Bonchev–Trinajstić information content (AvgIpc) is 2.95. The lowest BCUT2D eigenvalue weighted by atomic mass is 10.1. The summed E-state index contributed by atoms with van der Waals surface area (Å²) in [7, 11) is 0. The predicted octanol–water partition coefficient (Wildman–Crippen LogP) is 4.25. The third-order valence-electron chi connectivity index (χ3n) is 4.20. The van der Waals surface area contributed by atoms with Crippen LogP contribution in [-0.4, -0.2) is 10.5 Å². The fourth-order valence-electron chi connectivity index (χ4n) is 2.99. The van der Waals surface area contributed by atoms with Gasteiger partial charge in [-0.05, 0) is 23.6 Å². The van der Waals surface area contributed by atoms with Crippen LogP contribution in [0.25, 0.3) is 21.0 Å². The van der Waals surface area contributed by atoms with Crippen molar-refractivity contribution in [3.05, 3.63) is 76.4 Å². The summed E-state index contributed by atoms with van der Waals surface area (Å²) in [4.78, 5) is 24.5. The van der Waals surface area contributed by atoms with Crippen LogP contribution in [0.3, 0.4) is 0 Å². The molecule has 0 fully saturated rings. The van der Waals surface area contributed by atoms with Crippen LogP contribution in [0, 0.1) is 0 Å². The highest BCUT2D eigenvalue weighted by Gasteiger charge is 2.10. The summed E-state index contributed by atoms with van der Waals surface area (Å²) in [5.74, 6) is -0.0986. The molecular weight excluding hydrogens is 332 g/mol. The van der Waals surface area contributed by atoms with E-state index < -0.39 is 0 Å². The van der Waals surface area contributed by atoms with E-state index in [1.54, 1.807) is 4.57 Å². The van der Waals surface area contributed by atoms with Gasteiger partial charge in [-0.2, -0.15) is 0 Å². The van der Waals surface area contributed by atoms with Crippen LogP contribution in [0.4, 0.5) is 5.69 Å². The molecule has 124 valence electrons. The summed E-state index contributed by atoms with van der Waals surface area (Å²) in [5.41, 5.74) is 1.68. The number of nitrogens with zero attached hydrogens (tertiary/aromatic N) is 1. The molecule has 0 aliphatic heterocycles. The second kappa shape index (κ2) is 6.53. The fourth-order valence-corrected chi connectivity index (χ4v) is 3.90. The third-order valence-corrected chi connectivity index (χ3v) is 5.16. The van der Waals surface area contributed by atoms with E-state index in [1.165, 1.54) is 11.3 Å². The molecule has 25 heavy (non-hydrogen) atoms. The Bertz CT molecular complexity index is 1120. The molecular formula is C20H16N2O2S. The summed E-state index contributed by atoms with van der Waals surface area (Å²) in [6, 6.07) is 21.4. The van der Waals surface area contributed by atoms with Gasteiger partial charge in [0.25, 0.3) is 0 Å². The SMILES string of the molecule is O=C(CCn1c(=O)sc2ccccc21)Nc1cccc2ccccc12. The van der Waals surface area contributed by atoms with E-state index in [0.717, 1.165) is 26.7 Å². The minimum atomic E-state index is -0.0986. The summed E-state index contributed by atoms with van der Waals surface area (Å²) in [6.07, 6.45) is 0.254. The van der Waals surface area contributed by atoms with Crippen LogP contribution in [0.15, 0.2) is 71.5 Å². The number of thiazole rings is 1. The van der Waals surface area contributed by atoms with E-state index in [9.17, 15) is 9.59 Å². The Labute approximate surface area is 148 Å². The van der Waals surface area contributed by atoms with Gasteiger partial charge in [0.2, 0.25) is 5.91 Å². The first-order chi connectivity index (χ1) is 12.2. The van der Waals surface area contributed by atoms with Crippen molar-refractivity contribution in [1.29, 1.82) is 0 Å². The van der Waals surface area contributed by atoms with Crippen LogP contribution in [-0.2, 0) is 11.3 Å². The number of amides is 1. The highest BCUT2D eigenvalue weighted by molar-refractivity contribution is 7.16. The second-order valence-corrected chi connectivity index (χ2v) is 6.81. The molecule has 3 aromatic carbocycles. The quantitative estimate of drug-likeness (QED) is 0.599. The molecule has 0 spiro atoms. The van der Waals surface area contributed by atoms with E-state index in [2.05, 4.69) is 5.32 Å². The highest BCUT2D eigenvalue weighted by atomic mass is 32.1. The van der Waals surface area contributed by atoms with Gasteiger partial charge < -0.3 is 5.32 Å². The standard InChI is InChI=1S/C20H16N2O2S/c23-19(21-16-9-5-7-14-6-1-2-8-15(14)16)12-13-22-17-10-3-4-11-18(17)25-20(22)24/h1-11H,12-13H2,(H,21,23). The molecule has 0 aliphatic rings. The summed E-state index contributed by atoms with van der Waals surface area (Å²) in [6.45, 7) is 0.374. The number of fused-ring (bicyclic) bond motifs is 2. The average molecular weight is 348 g/mol. The minimum Gasteiger partial charge on any atom is -0.325 e. The van der Waals surface area contributed by atoms with Gasteiger partial charge in [0.05, 0.1) is 10.2 Å². The fraction of sp³-hybridized carbons (Fsp3) is 0.100. The zero-order valence-corrected chi connectivity index (χ0v) is 14.3. The van der Waals surface area contributed by atoms with Crippen LogP contribution < -0.4 is 10.2 Å². The zero-order valence-electron chi connectivity index (χ0n) is 13.4. The van der Waals surface area contributed by atoms with Crippen LogP contribution in [0.1, 0.15) is 6.42 Å². The van der Waals surface area contributed by atoms with Gasteiger partial charge in [-0.3, -0.25) is 14.2 Å². The van der Waals surface area contributed by atoms with Gasteiger partial charge in [0.1, 0.15) is 0 Å². The van der Waals surface area contributed by atoms with Crippen molar-refractivity contribution in [3.8, 4) is 0 Å². The zero-order chi connectivity index (χ0) is 17.2. The maximum Gasteiger partial charge on any atom is 0.308 e. The molecule has 1 heterocycles. The molecule has 1 aromatic heterocycles. The topological polar surface area (TPSA) is 51.1 Å². The first-order valence-corrected chi connectivity index (χ1v) is 8.90. The molecule has 0 aliphatic carbocycles. The molecule has 0 radical (unpaired) electrons. The molecule has 0 saturated carbocycles. The van der Waals surface area contributed by atoms with E-state index >= 15 is 0 Å². The first kappa shape index (κ1) is 15.6. The van der Waals surface area contributed by atoms with Crippen molar-refractivity contribution in [2.75, 3.05) is 5.32 Å². The molecule has 0 atom stereocenters. The Hall–Kier alpha value is -2.92. The van der Waals surface area contributed by atoms with Crippen LogP contribution in [0.2, 0.25) is 0 Å². The number of benzene rings is 3. The lowest BCUT2D eigenvalue weighted by Crippen LogP contribution is -2.19. The Kier molecular flexibility index (Phi) is 4.07. The normalized spacial score (nSPS) is 11.0. The van der Waals surface area contributed by atoms with Gasteiger partial charge in [-0.25, -0.2) is 0 Å². The molecule has 5 heteroatoms. The van der Waals surface area contributed by atoms with Crippen molar-refractivity contribution in [2.45, 2.75) is 13.0 Å². The molecule has 4 rings (SSSR count). The van der Waals surface area contributed by atoms with Gasteiger partial charge in [-0.1, -0.05) is 59.9 Å². The summed E-state index contributed by atoms with van der Waals surface area (Å²) < 4.78 is 2.62. The van der Waals surface area contributed by atoms with Gasteiger partial charge >= 0.3 is 4.87 Å². The second-order valence-electron chi connectivity index (χ2n) is 5.81. The van der Waals surface area contributed by atoms with E-state index in [-0.39, 0.29) is 17.2 Å². The Morgan fingerprint density at radius 1 is 0.960 bits per heavy atom. The number of para-hydroxylation sites is 1.